The van der Waals surface area contributed by atoms with Crippen LogP contribution in [-0.2, 0) is 13.1 Å². The summed E-state index contributed by atoms with van der Waals surface area (Å²) in [4.78, 5) is 10.1. The highest BCUT2D eigenvalue weighted by atomic mass is 127. The van der Waals surface area contributed by atoms with Gasteiger partial charge in [-0.1, -0.05) is 24.3 Å². The van der Waals surface area contributed by atoms with Gasteiger partial charge < -0.3 is 19.7 Å². The average molecular weight is 524 g/mol. The van der Waals surface area contributed by atoms with E-state index in [-0.39, 0.29) is 29.9 Å². The van der Waals surface area contributed by atoms with Crippen LogP contribution in [0.1, 0.15) is 11.1 Å². The molecule has 1 aromatic carbocycles. The van der Waals surface area contributed by atoms with Crippen molar-refractivity contribution in [3.05, 3.63) is 53.7 Å². The Morgan fingerprint density at radius 1 is 1.21 bits per heavy atom. The van der Waals surface area contributed by atoms with Crippen molar-refractivity contribution in [1.29, 1.82) is 0 Å². The summed E-state index contributed by atoms with van der Waals surface area (Å²) in [5.41, 5.74) is 1.80. The van der Waals surface area contributed by atoms with Gasteiger partial charge in [-0.3, -0.25) is 4.99 Å². The highest BCUT2D eigenvalue weighted by molar-refractivity contribution is 14.0. The second kappa shape index (κ2) is 11.7. The van der Waals surface area contributed by atoms with Crippen LogP contribution in [0.3, 0.4) is 0 Å². The molecule has 0 fully saturated rings. The number of guanidine groups is 1. The van der Waals surface area contributed by atoms with Crippen molar-refractivity contribution in [1.82, 2.24) is 15.2 Å². The molecule has 0 amide bonds. The van der Waals surface area contributed by atoms with E-state index in [1.54, 1.807) is 20.2 Å². The quantitative estimate of drug-likeness (QED) is 0.339. The lowest BCUT2D eigenvalue weighted by atomic mass is 10.2. The average Bonchev–Trinajstić information content (AvgIpc) is 2.67. The van der Waals surface area contributed by atoms with Gasteiger partial charge in [0.25, 0.3) is 0 Å². The van der Waals surface area contributed by atoms with Crippen LogP contribution in [-0.4, -0.2) is 49.8 Å². The molecule has 160 valence electrons. The molecule has 0 aliphatic heterocycles. The molecule has 0 aliphatic carbocycles. The number of para-hydroxylation sites is 1. The standard InChI is InChI=1S/C19H23F3N4O2.HI/c1-23-18(26(2)12-15-6-4-5-7-16(15)27-3)25-11-14-8-9-17(24-10-14)28-13-19(20,21)22;/h4-10H,11-13H2,1-3H3,(H,23,25);1H. The summed E-state index contributed by atoms with van der Waals surface area (Å²) in [7, 11) is 5.20. The summed E-state index contributed by atoms with van der Waals surface area (Å²) in [6, 6.07) is 10.8. The molecule has 0 saturated heterocycles. The van der Waals surface area contributed by atoms with Gasteiger partial charge in [0, 0.05) is 45.0 Å². The van der Waals surface area contributed by atoms with Gasteiger partial charge in [-0.2, -0.15) is 13.2 Å². The van der Waals surface area contributed by atoms with E-state index in [1.165, 1.54) is 12.3 Å². The lowest BCUT2D eigenvalue weighted by molar-refractivity contribution is -0.154. The first-order chi connectivity index (χ1) is 13.3. The first-order valence-corrected chi connectivity index (χ1v) is 8.50. The van der Waals surface area contributed by atoms with E-state index in [0.717, 1.165) is 16.9 Å². The van der Waals surface area contributed by atoms with Crippen LogP contribution < -0.4 is 14.8 Å². The van der Waals surface area contributed by atoms with E-state index >= 15 is 0 Å². The minimum absolute atomic E-state index is 0. The third-order valence-corrected chi connectivity index (χ3v) is 3.81. The van der Waals surface area contributed by atoms with Gasteiger partial charge in [0.2, 0.25) is 5.88 Å². The Bertz CT molecular complexity index is 786. The van der Waals surface area contributed by atoms with Crippen molar-refractivity contribution in [2.75, 3.05) is 27.8 Å². The number of hydrogen-bond acceptors (Lipinski definition) is 4. The number of ether oxygens (including phenoxy) is 2. The maximum absolute atomic E-state index is 12.2. The van der Waals surface area contributed by atoms with E-state index in [1.807, 2.05) is 36.2 Å². The largest absolute Gasteiger partial charge is 0.496 e. The zero-order chi connectivity index (χ0) is 20.6. The SMILES string of the molecule is CN=C(NCc1ccc(OCC(F)(F)F)nc1)N(C)Cc1ccccc1OC.I. The molecule has 29 heavy (non-hydrogen) atoms. The molecule has 6 nitrogen and oxygen atoms in total. The smallest absolute Gasteiger partial charge is 0.422 e. The van der Waals surface area contributed by atoms with Crippen LogP contribution in [0.15, 0.2) is 47.6 Å². The number of rotatable bonds is 7. The third kappa shape index (κ3) is 8.34. The molecule has 2 aromatic rings. The van der Waals surface area contributed by atoms with Crippen LogP contribution >= 0.6 is 24.0 Å². The fraction of sp³-hybridized carbons (Fsp3) is 0.368. The second-order valence-electron chi connectivity index (χ2n) is 5.98. The molecule has 2 rings (SSSR count). The van der Waals surface area contributed by atoms with E-state index in [4.69, 9.17) is 4.74 Å². The predicted molar refractivity (Wildman–Crippen MR) is 116 cm³/mol. The molecule has 0 spiro atoms. The summed E-state index contributed by atoms with van der Waals surface area (Å²) in [6.45, 7) is -0.361. The van der Waals surface area contributed by atoms with Gasteiger partial charge >= 0.3 is 6.18 Å². The second-order valence-corrected chi connectivity index (χ2v) is 5.98. The fourth-order valence-corrected chi connectivity index (χ4v) is 2.49. The molecule has 0 saturated carbocycles. The van der Waals surface area contributed by atoms with Crippen LogP contribution in [0, 0.1) is 0 Å². The molecular formula is C19H24F3IN4O2. The Kier molecular flexibility index (Phi) is 9.99. The van der Waals surface area contributed by atoms with Crippen molar-refractivity contribution < 1.29 is 22.6 Å². The number of aromatic nitrogens is 1. The van der Waals surface area contributed by atoms with Crippen LogP contribution in [0.2, 0.25) is 0 Å². The van der Waals surface area contributed by atoms with Crippen molar-refractivity contribution in [3.8, 4) is 11.6 Å². The Morgan fingerprint density at radius 2 is 1.93 bits per heavy atom. The Morgan fingerprint density at radius 3 is 2.52 bits per heavy atom. The fourth-order valence-electron chi connectivity index (χ4n) is 2.49. The number of nitrogens with zero attached hydrogens (tertiary/aromatic N) is 3. The number of nitrogens with one attached hydrogen (secondary N) is 1. The monoisotopic (exact) mass is 524 g/mol. The molecule has 0 radical (unpaired) electrons. The van der Waals surface area contributed by atoms with Crippen molar-refractivity contribution in [3.63, 3.8) is 0 Å². The summed E-state index contributed by atoms with van der Waals surface area (Å²) < 4.78 is 46.4. The number of aliphatic imine (C=N–C) groups is 1. The van der Waals surface area contributed by atoms with Crippen LogP contribution in [0.25, 0.3) is 0 Å². The summed E-state index contributed by atoms with van der Waals surface area (Å²) >= 11 is 0. The van der Waals surface area contributed by atoms with E-state index in [0.29, 0.717) is 19.0 Å². The van der Waals surface area contributed by atoms with Gasteiger partial charge in [0.1, 0.15) is 5.75 Å². The molecule has 0 bridgehead atoms. The molecule has 1 heterocycles. The van der Waals surface area contributed by atoms with E-state index < -0.39 is 12.8 Å². The van der Waals surface area contributed by atoms with Gasteiger partial charge in [-0.25, -0.2) is 4.98 Å². The van der Waals surface area contributed by atoms with Gasteiger partial charge in [-0.05, 0) is 11.6 Å². The van der Waals surface area contributed by atoms with Gasteiger partial charge in [-0.15, -0.1) is 24.0 Å². The molecule has 1 N–H and O–H groups in total. The number of halogens is 4. The summed E-state index contributed by atoms with van der Waals surface area (Å²) in [6.07, 6.45) is -2.92. The Labute approximate surface area is 185 Å². The zero-order valence-electron chi connectivity index (χ0n) is 16.4. The maximum atomic E-state index is 12.2. The minimum atomic E-state index is -4.39. The zero-order valence-corrected chi connectivity index (χ0v) is 18.7. The van der Waals surface area contributed by atoms with E-state index in [9.17, 15) is 13.2 Å². The number of hydrogen-bond donors (Lipinski definition) is 1. The topological polar surface area (TPSA) is 59.0 Å². The first kappa shape index (κ1) is 24.8. The lowest BCUT2D eigenvalue weighted by Gasteiger charge is -2.23. The normalized spacial score (nSPS) is 11.4. The predicted octanol–water partition coefficient (Wildman–Crippen LogP) is 3.86. The highest BCUT2D eigenvalue weighted by Gasteiger charge is 2.28. The number of alkyl halides is 3. The Hall–Kier alpha value is -2.24. The van der Waals surface area contributed by atoms with E-state index in [2.05, 4.69) is 20.0 Å². The molecule has 0 unspecified atom stereocenters. The molecule has 0 atom stereocenters. The van der Waals surface area contributed by atoms with Crippen molar-refractivity contribution in [2.24, 2.45) is 4.99 Å². The maximum Gasteiger partial charge on any atom is 0.422 e. The first-order valence-electron chi connectivity index (χ1n) is 8.50. The van der Waals surface area contributed by atoms with Gasteiger partial charge in [0.05, 0.1) is 7.11 Å². The number of benzene rings is 1. The Balaban J connectivity index is 0.00000420. The van der Waals surface area contributed by atoms with Gasteiger partial charge in [0.15, 0.2) is 12.6 Å². The molecule has 1 aromatic heterocycles. The highest BCUT2D eigenvalue weighted by Crippen LogP contribution is 2.19. The molecular weight excluding hydrogens is 500 g/mol. The minimum Gasteiger partial charge on any atom is -0.496 e. The van der Waals surface area contributed by atoms with Crippen molar-refractivity contribution in [2.45, 2.75) is 19.3 Å². The number of methoxy groups -OCH3 is 1. The molecule has 10 heteroatoms. The van der Waals surface area contributed by atoms with Crippen LogP contribution in [0.4, 0.5) is 13.2 Å². The van der Waals surface area contributed by atoms with Crippen molar-refractivity contribution >= 4 is 29.9 Å². The number of pyridine rings is 1. The summed E-state index contributed by atoms with van der Waals surface area (Å²) in [5.74, 6) is 1.38. The summed E-state index contributed by atoms with van der Waals surface area (Å²) in [5, 5.41) is 3.19. The lowest BCUT2D eigenvalue weighted by Crippen LogP contribution is -2.38. The van der Waals surface area contributed by atoms with Crippen LogP contribution in [0.5, 0.6) is 11.6 Å². The molecule has 0 aliphatic rings. The third-order valence-electron chi connectivity index (χ3n) is 3.81.